The fourth-order valence-electron chi connectivity index (χ4n) is 4.15. The van der Waals surface area contributed by atoms with Crippen LogP contribution in [0.1, 0.15) is 16.7 Å². The SMILES string of the molecule is Cc1cc(-c2ccc(S(=O)(=O)ON)cc2)cc(C)c1Oc1nc(Nc2ccc(C#N)cc2)nc2ncn(C)c12. The van der Waals surface area contributed by atoms with Crippen molar-refractivity contribution in [2.24, 2.45) is 12.9 Å². The van der Waals surface area contributed by atoms with Crippen LogP contribution in [0.3, 0.4) is 0 Å². The molecule has 0 aliphatic carbocycles. The minimum atomic E-state index is -3.98. The van der Waals surface area contributed by atoms with Crippen molar-refractivity contribution in [3.8, 4) is 28.8 Å². The topological polar surface area (TPSA) is 158 Å². The third-order valence-electron chi connectivity index (χ3n) is 6.07. The standard InChI is InChI=1S/C27H23N7O4S/c1-16-12-20(19-6-10-22(11-7-19)39(35,36)38-29)13-17(2)24(16)37-26-23-25(30-15-34(23)3)32-27(33-26)31-21-8-4-18(14-28)5-9-21/h4-13,15H,29H2,1-3H3,(H,31,32,33). The number of nitriles is 1. The molecule has 0 atom stereocenters. The van der Waals surface area contributed by atoms with Gasteiger partial charge in [-0.15, -0.1) is 0 Å². The summed E-state index contributed by atoms with van der Waals surface area (Å²) < 4.78 is 35.9. The normalized spacial score (nSPS) is 11.4. The fraction of sp³-hybridized carbons (Fsp3) is 0.111. The third kappa shape index (κ3) is 5.14. The van der Waals surface area contributed by atoms with Crippen LogP contribution >= 0.6 is 0 Å². The van der Waals surface area contributed by atoms with Gasteiger partial charge in [0.15, 0.2) is 11.2 Å². The third-order valence-corrected chi connectivity index (χ3v) is 7.17. The van der Waals surface area contributed by atoms with Crippen molar-refractivity contribution >= 4 is 32.9 Å². The summed E-state index contributed by atoms with van der Waals surface area (Å²) in [6.45, 7) is 3.84. The first-order chi connectivity index (χ1) is 18.7. The molecule has 5 aromatic rings. The van der Waals surface area contributed by atoms with Crippen LogP contribution in [0.5, 0.6) is 11.6 Å². The number of anilines is 2. The first-order valence-corrected chi connectivity index (χ1v) is 13.1. The van der Waals surface area contributed by atoms with Crippen LogP contribution in [0.25, 0.3) is 22.3 Å². The zero-order chi connectivity index (χ0) is 27.7. The minimum Gasteiger partial charge on any atom is -0.436 e. The maximum absolute atomic E-state index is 11.8. The van der Waals surface area contributed by atoms with E-state index in [0.29, 0.717) is 40.0 Å². The molecule has 0 spiro atoms. The number of aromatic nitrogens is 4. The predicted molar refractivity (Wildman–Crippen MR) is 145 cm³/mol. The van der Waals surface area contributed by atoms with E-state index in [9.17, 15) is 8.42 Å². The van der Waals surface area contributed by atoms with Crippen molar-refractivity contribution in [2.45, 2.75) is 18.7 Å². The highest BCUT2D eigenvalue weighted by Gasteiger charge is 2.18. The second-order valence-corrected chi connectivity index (χ2v) is 10.4. The molecule has 196 valence electrons. The molecule has 0 radical (unpaired) electrons. The molecule has 2 aromatic heterocycles. The molecule has 0 saturated carbocycles. The fourth-order valence-corrected chi connectivity index (χ4v) is 4.73. The first kappa shape index (κ1) is 25.8. The molecule has 0 aliphatic rings. The van der Waals surface area contributed by atoms with Crippen LogP contribution in [-0.2, 0) is 21.4 Å². The summed E-state index contributed by atoms with van der Waals surface area (Å²) in [7, 11) is -2.14. The lowest BCUT2D eigenvalue weighted by Crippen LogP contribution is -2.10. The average Bonchev–Trinajstić information content (AvgIpc) is 3.31. The monoisotopic (exact) mass is 541 g/mol. The Labute approximate surface area is 224 Å². The van der Waals surface area contributed by atoms with Crippen molar-refractivity contribution in [1.29, 1.82) is 5.26 Å². The zero-order valence-electron chi connectivity index (χ0n) is 21.2. The summed E-state index contributed by atoms with van der Waals surface area (Å²) in [4.78, 5) is 13.5. The Bertz CT molecular complexity index is 1820. The molecule has 3 N–H and O–H groups in total. The van der Waals surface area contributed by atoms with Crippen molar-refractivity contribution in [1.82, 2.24) is 19.5 Å². The van der Waals surface area contributed by atoms with Gasteiger partial charge in [0.2, 0.25) is 5.95 Å². The molecule has 3 aromatic carbocycles. The number of fused-ring (bicyclic) bond motifs is 1. The van der Waals surface area contributed by atoms with Gasteiger partial charge >= 0.3 is 10.1 Å². The van der Waals surface area contributed by atoms with Gasteiger partial charge in [-0.25, -0.2) is 4.98 Å². The highest BCUT2D eigenvalue weighted by molar-refractivity contribution is 7.86. The van der Waals surface area contributed by atoms with Gasteiger partial charge in [0.1, 0.15) is 5.75 Å². The van der Waals surface area contributed by atoms with E-state index in [1.165, 1.54) is 12.1 Å². The molecule has 12 heteroatoms. The number of imidazole rings is 1. The summed E-state index contributed by atoms with van der Waals surface area (Å²) in [6, 6.07) is 19.2. The van der Waals surface area contributed by atoms with Crippen molar-refractivity contribution in [2.75, 3.05) is 5.32 Å². The van der Waals surface area contributed by atoms with Crippen LogP contribution in [0.4, 0.5) is 11.6 Å². The van der Waals surface area contributed by atoms with Crippen LogP contribution in [0, 0.1) is 25.2 Å². The molecule has 0 amide bonds. The molecule has 5 rings (SSSR count). The Hall–Kier alpha value is -4.83. The largest absolute Gasteiger partial charge is 0.436 e. The van der Waals surface area contributed by atoms with E-state index in [-0.39, 0.29) is 4.90 Å². The molecular weight excluding hydrogens is 518 g/mol. The van der Waals surface area contributed by atoms with Gasteiger partial charge in [-0.3, -0.25) is 0 Å². The van der Waals surface area contributed by atoms with Crippen molar-refractivity contribution in [3.63, 3.8) is 0 Å². The van der Waals surface area contributed by atoms with Crippen LogP contribution < -0.4 is 16.0 Å². The number of nitrogens with one attached hydrogen (secondary N) is 1. The lowest BCUT2D eigenvalue weighted by molar-refractivity contribution is 0.333. The molecule has 39 heavy (non-hydrogen) atoms. The van der Waals surface area contributed by atoms with Gasteiger partial charge in [-0.05, 0) is 84.6 Å². The van der Waals surface area contributed by atoms with Gasteiger partial charge in [-0.1, -0.05) is 12.1 Å². The van der Waals surface area contributed by atoms with E-state index in [1.807, 2.05) is 33.0 Å². The molecule has 0 aliphatic heterocycles. The number of hydrogen-bond donors (Lipinski definition) is 2. The maximum Gasteiger partial charge on any atom is 0.312 e. The molecule has 0 saturated heterocycles. The average molecular weight is 542 g/mol. The molecule has 0 fully saturated rings. The zero-order valence-corrected chi connectivity index (χ0v) is 22.0. The number of aryl methyl sites for hydroxylation is 3. The Morgan fingerprint density at radius 2 is 1.64 bits per heavy atom. The highest BCUT2D eigenvalue weighted by atomic mass is 32.2. The van der Waals surface area contributed by atoms with E-state index in [2.05, 4.69) is 30.6 Å². The van der Waals surface area contributed by atoms with Crippen LogP contribution in [0.15, 0.2) is 71.9 Å². The van der Waals surface area contributed by atoms with E-state index in [0.717, 1.165) is 22.3 Å². The summed E-state index contributed by atoms with van der Waals surface area (Å²) in [5.41, 5.74) is 5.74. The molecule has 0 bridgehead atoms. The number of nitrogens with two attached hydrogens (primary N) is 1. The lowest BCUT2D eigenvalue weighted by Gasteiger charge is -2.15. The van der Waals surface area contributed by atoms with E-state index >= 15 is 0 Å². The van der Waals surface area contributed by atoms with Gasteiger partial charge in [0, 0.05) is 12.7 Å². The second kappa shape index (κ2) is 10.1. The number of benzene rings is 3. The number of ether oxygens (including phenoxy) is 1. The van der Waals surface area contributed by atoms with Crippen molar-refractivity contribution < 1.29 is 17.4 Å². The van der Waals surface area contributed by atoms with Gasteiger partial charge < -0.3 is 14.6 Å². The summed E-state index contributed by atoms with van der Waals surface area (Å²) in [5.74, 6) is 6.12. The van der Waals surface area contributed by atoms with E-state index in [1.54, 1.807) is 47.3 Å². The van der Waals surface area contributed by atoms with Gasteiger partial charge in [0.05, 0.1) is 22.9 Å². The second-order valence-electron chi connectivity index (χ2n) is 8.81. The van der Waals surface area contributed by atoms with E-state index in [4.69, 9.17) is 15.9 Å². The van der Waals surface area contributed by atoms with Gasteiger partial charge in [0.25, 0.3) is 5.88 Å². The van der Waals surface area contributed by atoms with Crippen LogP contribution in [-0.4, -0.2) is 27.9 Å². The van der Waals surface area contributed by atoms with Crippen molar-refractivity contribution in [3.05, 3.63) is 83.7 Å². The van der Waals surface area contributed by atoms with E-state index < -0.39 is 10.1 Å². The molecular formula is C27H23N7O4S. The predicted octanol–water partition coefficient (Wildman–Crippen LogP) is 4.63. The summed E-state index contributed by atoms with van der Waals surface area (Å²) >= 11 is 0. The number of rotatable bonds is 7. The Morgan fingerprint density at radius 1 is 0.974 bits per heavy atom. The Balaban J connectivity index is 1.48. The smallest absolute Gasteiger partial charge is 0.312 e. The minimum absolute atomic E-state index is 0.0310. The quantitative estimate of drug-likeness (QED) is 0.278. The number of nitrogens with zero attached hydrogens (tertiary/aromatic N) is 5. The van der Waals surface area contributed by atoms with Gasteiger partial charge in [-0.2, -0.15) is 33.8 Å². The molecule has 11 nitrogen and oxygen atoms in total. The summed E-state index contributed by atoms with van der Waals surface area (Å²) in [5, 5.41) is 12.2. The Kier molecular flexibility index (Phi) is 6.71. The first-order valence-electron chi connectivity index (χ1n) is 11.7. The number of hydrogen-bond acceptors (Lipinski definition) is 10. The summed E-state index contributed by atoms with van der Waals surface area (Å²) in [6.07, 6.45) is 1.64. The maximum atomic E-state index is 11.8. The molecule has 2 heterocycles. The molecule has 0 unspecified atom stereocenters. The lowest BCUT2D eigenvalue weighted by atomic mass is 10.00. The Morgan fingerprint density at radius 3 is 2.26 bits per heavy atom. The van der Waals surface area contributed by atoms with Crippen LogP contribution in [0.2, 0.25) is 0 Å². The highest BCUT2D eigenvalue weighted by Crippen LogP contribution is 2.35.